The number of carbonyl (C=O) groups is 1. The van der Waals surface area contributed by atoms with E-state index in [2.05, 4.69) is 21.9 Å². The third-order valence-corrected chi connectivity index (χ3v) is 1.52. The van der Waals surface area contributed by atoms with Crippen LogP contribution in [0.25, 0.3) is 0 Å². The maximum absolute atomic E-state index is 11.4. The van der Waals surface area contributed by atoms with Gasteiger partial charge in [-0.15, -0.1) is 0 Å². The average molecular weight is 213 g/mol. The van der Waals surface area contributed by atoms with E-state index in [1.54, 1.807) is 0 Å². The fourth-order valence-electron chi connectivity index (χ4n) is 0.784. The summed E-state index contributed by atoms with van der Waals surface area (Å²) in [5.74, 6) is -0.331. The minimum absolute atomic E-state index is 0.0881. The molecule has 5 nitrogen and oxygen atoms in total. The van der Waals surface area contributed by atoms with Gasteiger partial charge < -0.3 is 11.1 Å². The highest BCUT2D eigenvalue weighted by Gasteiger charge is 2.10. The number of halogens is 1. The zero-order chi connectivity index (χ0) is 10.6. The normalized spacial score (nSPS) is 9.50. The van der Waals surface area contributed by atoms with Gasteiger partial charge in [0.05, 0.1) is 6.54 Å². The van der Waals surface area contributed by atoms with E-state index in [9.17, 15) is 4.79 Å². The Hall–Kier alpha value is -1.62. The molecule has 0 aromatic carbocycles. The zero-order valence-electron chi connectivity index (χ0n) is 7.33. The fourth-order valence-corrected chi connectivity index (χ4v) is 0.850. The lowest BCUT2D eigenvalue weighted by Gasteiger charge is -2.03. The second kappa shape index (κ2) is 4.57. The Kier molecular flexibility index (Phi) is 3.41. The van der Waals surface area contributed by atoms with Crippen molar-refractivity contribution in [1.29, 1.82) is 0 Å². The highest BCUT2D eigenvalue weighted by molar-refractivity contribution is 6.29. The highest BCUT2D eigenvalue weighted by Crippen LogP contribution is 2.02. The van der Waals surface area contributed by atoms with E-state index in [4.69, 9.17) is 17.3 Å². The van der Waals surface area contributed by atoms with E-state index in [1.807, 2.05) is 0 Å². The molecule has 0 aliphatic heterocycles. The zero-order valence-corrected chi connectivity index (χ0v) is 8.08. The van der Waals surface area contributed by atoms with Crippen molar-refractivity contribution in [2.24, 2.45) is 0 Å². The van der Waals surface area contributed by atoms with E-state index < -0.39 is 5.91 Å². The first-order chi connectivity index (χ1) is 6.61. The van der Waals surface area contributed by atoms with Gasteiger partial charge in [0.15, 0.2) is 11.5 Å². The van der Waals surface area contributed by atoms with Gasteiger partial charge in [-0.2, -0.15) is 0 Å². The smallest absolute Gasteiger partial charge is 0.274 e. The number of anilines is 1. The van der Waals surface area contributed by atoms with Crippen LogP contribution in [0.1, 0.15) is 10.5 Å². The number of nitrogens with zero attached hydrogens (tertiary/aromatic N) is 2. The number of rotatable bonds is 3. The number of nitrogen functional groups attached to an aromatic ring is 1. The monoisotopic (exact) mass is 212 g/mol. The Morgan fingerprint density at radius 2 is 2.21 bits per heavy atom. The molecule has 0 bridgehead atoms. The van der Waals surface area contributed by atoms with E-state index in [1.165, 1.54) is 12.4 Å². The highest BCUT2D eigenvalue weighted by atomic mass is 35.5. The number of nitrogens with two attached hydrogens (primary N) is 1. The summed E-state index contributed by atoms with van der Waals surface area (Å²) in [5.41, 5.74) is 5.53. The molecule has 1 aromatic rings. The minimum Gasteiger partial charge on any atom is -0.382 e. The molecule has 1 aromatic heterocycles. The molecule has 1 heterocycles. The van der Waals surface area contributed by atoms with E-state index in [-0.39, 0.29) is 18.1 Å². The van der Waals surface area contributed by atoms with Crippen LogP contribution in [-0.4, -0.2) is 22.4 Å². The Morgan fingerprint density at radius 1 is 1.57 bits per heavy atom. The summed E-state index contributed by atoms with van der Waals surface area (Å²) in [6.07, 6.45) is 2.80. The number of carbonyl (C=O) groups excluding carboxylic acids is 1. The van der Waals surface area contributed by atoms with E-state index in [0.29, 0.717) is 5.03 Å². The second-order valence-electron chi connectivity index (χ2n) is 2.49. The minimum atomic E-state index is -0.419. The molecule has 0 atom stereocenters. The Balaban J connectivity index is 2.70. The van der Waals surface area contributed by atoms with Crippen LogP contribution >= 0.6 is 11.6 Å². The molecule has 0 saturated carbocycles. The van der Waals surface area contributed by atoms with Gasteiger partial charge in [-0.25, -0.2) is 9.97 Å². The van der Waals surface area contributed by atoms with Crippen molar-refractivity contribution in [2.75, 3.05) is 12.3 Å². The molecule has 0 aliphatic rings. The number of nitrogens with one attached hydrogen (secondary N) is 1. The SMILES string of the molecule is C=C(Cl)CNC(=O)c1nccnc1N. The summed E-state index contributed by atoms with van der Waals surface area (Å²) < 4.78 is 0. The van der Waals surface area contributed by atoms with Crippen LogP contribution in [0.2, 0.25) is 0 Å². The average Bonchev–Trinajstić information content (AvgIpc) is 2.15. The van der Waals surface area contributed by atoms with Gasteiger partial charge in [0, 0.05) is 17.4 Å². The molecular weight excluding hydrogens is 204 g/mol. The van der Waals surface area contributed by atoms with Crippen molar-refractivity contribution < 1.29 is 4.79 Å². The molecule has 6 heteroatoms. The summed E-state index contributed by atoms with van der Waals surface area (Å²) in [6, 6.07) is 0. The van der Waals surface area contributed by atoms with Crippen LogP contribution in [0.3, 0.4) is 0 Å². The van der Waals surface area contributed by atoms with Crippen molar-refractivity contribution in [3.63, 3.8) is 0 Å². The lowest BCUT2D eigenvalue weighted by Crippen LogP contribution is -2.26. The largest absolute Gasteiger partial charge is 0.382 e. The maximum atomic E-state index is 11.4. The quantitative estimate of drug-likeness (QED) is 0.767. The molecule has 0 unspecified atom stereocenters. The summed E-state index contributed by atoms with van der Waals surface area (Å²) >= 11 is 5.47. The number of aromatic nitrogens is 2. The first-order valence-corrected chi connectivity index (χ1v) is 4.17. The summed E-state index contributed by atoms with van der Waals surface area (Å²) in [4.78, 5) is 18.9. The van der Waals surface area contributed by atoms with Gasteiger partial charge in [0.25, 0.3) is 5.91 Å². The summed E-state index contributed by atoms with van der Waals surface area (Å²) in [7, 11) is 0. The van der Waals surface area contributed by atoms with E-state index in [0.717, 1.165) is 0 Å². The molecule has 1 amide bonds. The molecule has 0 saturated heterocycles. The summed E-state index contributed by atoms with van der Waals surface area (Å²) in [6.45, 7) is 3.60. The molecule has 0 spiro atoms. The molecule has 0 fully saturated rings. The first-order valence-electron chi connectivity index (χ1n) is 3.79. The Morgan fingerprint density at radius 3 is 2.79 bits per heavy atom. The molecular formula is C8H9ClN4O. The fraction of sp³-hybridized carbons (Fsp3) is 0.125. The Labute approximate surface area is 86.0 Å². The lowest BCUT2D eigenvalue weighted by atomic mass is 10.4. The predicted octanol–water partition coefficient (Wildman–Crippen LogP) is 0.541. The van der Waals surface area contributed by atoms with Crippen molar-refractivity contribution in [2.45, 2.75) is 0 Å². The van der Waals surface area contributed by atoms with Crippen molar-refractivity contribution in [3.8, 4) is 0 Å². The van der Waals surface area contributed by atoms with Crippen molar-refractivity contribution in [3.05, 3.63) is 29.7 Å². The molecule has 0 aliphatic carbocycles. The maximum Gasteiger partial charge on any atom is 0.274 e. The van der Waals surface area contributed by atoms with Crippen molar-refractivity contribution in [1.82, 2.24) is 15.3 Å². The van der Waals surface area contributed by atoms with Gasteiger partial charge >= 0.3 is 0 Å². The molecule has 74 valence electrons. The van der Waals surface area contributed by atoms with Crippen molar-refractivity contribution >= 4 is 23.3 Å². The van der Waals surface area contributed by atoms with Crippen LogP contribution in [0.15, 0.2) is 24.0 Å². The van der Waals surface area contributed by atoms with Crippen LogP contribution in [0.4, 0.5) is 5.82 Å². The van der Waals surface area contributed by atoms with Gasteiger partial charge in [-0.05, 0) is 0 Å². The van der Waals surface area contributed by atoms with Gasteiger partial charge in [0.1, 0.15) is 0 Å². The molecule has 1 rings (SSSR count). The molecule has 14 heavy (non-hydrogen) atoms. The van der Waals surface area contributed by atoms with Crippen LogP contribution in [0.5, 0.6) is 0 Å². The van der Waals surface area contributed by atoms with Crippen LogP contribution in [-0.2, 0) is 0 Å². The Bertz CT molecular complexity index is 366. The molecule has 0 radical (unpaired) electrons. The van der Waals surface area contributed by atoms with Gasteiger partial charge in [0.2, 0.25) is 0 Å². The topological polar surface area (TPSA) is 80.9 Å². The number of amides is 1. The number of hydrogen-bond acceptors (Lipinski definition) is 4. The van der Waals surface area contributed by atoms with Crippen LogP contribution < -0.4 is 11.1 Å². The predicted molar refractivity (Wildman–Crippen MR) is 53.8 cm³/mol. The first kappa shape index (κ1) is 10.5. The summed E-state index contributed by atoms with van der Waals surface area (Å²) in [5, 5.41) is 2.82. The lowest BCUT2D eigenvalue weighted by molar-refractivity contribution is 0.0953. The van der Waals surface area contributed by atoms with Gasteiger partial charge in [-0.1, -0.05) is 18.2 Å². The molecule has 3 N–H and O–H groups in total. The number of hydrogen-bond donors (Lipinski definition) is 2. The third-order valence-electron chi connectivity index (χ3n) is 1.38. The van der Waals surface area contributed by atoms with Gasteiger partial charge in [-0.3, -0.25) is 4.79 Å². The van der Waals surface area contributed by atoms with E-state index >= 15 is 0 Å². The third kappa shape index (κ3) is 2.70. The van der Waals surface area contributed by atoms with Crippen LogP contribution in [0, 0.1) is 0 Å². The second-order valence-corrected chi connectivity index (χ2v) is 3.02. The standard InChI is InChI=1S/C8H9ClN4O/c1-5(9)4-13-8(14)6-7(10)12-3-2-11-6/h2-3H,1,4H2,(H2,10,12)(H,13,14).